The molecule has 0 N–H and O–H groups in total. The zero-order valence-electron chi connectivity index (χ0n) is 13.7. The lowest BCUT2D eigenvalue weighted by Gasteiger charge is -2.36. The molecule has 128 valence electrons. The number of nitrogens with zero attached hydrogens (tertiary/aromatic N) is 2. The molecule has 5 nitrogen and oxygen atoms in total. The molecule has 0 radical (unpaired) electrons. The third-order valence-electron chi connectivity index (χ3n) is 4.12. The maximum Gasteiger partial charge on any atom is 0.246 e. The Hall–Kier alpha value is -1.27. The van der Waals surface area contributed by atoms with E-state index in [1.54, 1.807) is 36.1 Å². The predicted molar refractivity (Wildman–Crippen MR) is 93.2 cm³/mol. The standard InChI is InChI=1S/C16H23ClN2O3S/c1-12-5-4-10-18(11-12)16(20)13(2)19(23(3,21)22)15-8-6-14(17)7-9-15/h6-9,12-13H,4-5,10-11H2,1-3H3/t12-,13-/m1/s1. The van der Waals surface area contributed by atoms with Crippen molar-refractivity contribution in [3.63, 3.8) is 0 Å². The van der Waals surface area contributed by atoms with Gasteiger partial charge in [-0.15, -0.1) is 0 Å². The Morgan fingerprint density at radius 1 is 1.35 bits per heavy atom. The van der Waals surface area contributed by atoms with Crippen molar-refractivity contribution in [2.75, 3.05) is 23.7 Å². The summed E-state index contributed by atoms with van der Waals surface area (Å²) in [5.41, 5.74) is 0.447. The summed E-state index contributed by atoms with van der Waals surface area (Å²) in [5, 5.41) is 0.519. The molecule has 1 aromatic carbocycles. The fraction of sp³-hybridized carbons (Fsp3) is 0.562. The number of halogens is 1. The fourth-order valence-electron chi connectivity index (χ4n) is 3.04. The van der Waals surface area contributed by atoms with Crippen molar-refractivity contribution in [1.82, 2.24) is 4.90 Å². The second-order valence-electron chi connectivity index (χ2n) is 6.24. The number of amides is 1. The fourth-order valence-corrected chi connectivity index (χ4v) is 4.34. The molecular formula is C16H23ClN2O3S. The largest absolute Gasteiger partial charge is 0.341 e. The predicted octanol–water partition coefficient (Wildman–Crippen LogP) is 2.75. The van der Waals surface area contributed by atoms with Crippen LogP contribution in [0, 0.1) is 5.92 Å². The van der Waals surface area contributed by atoms with E-state index in [0.29, 0.717) is 29.7 Å². The average Bonchev–Trinajstić information content (AvgIpc) is 2.47. The number of carbonyl (C=O) groups is 1. The quantitative estimate of drug-likeness (QED) is 0.831. The van der Waals surface area contributed by atoms with Gasteiger partial charge in [-0.1, -0.05) is 18.5 Å². The molecule has 1 saturated heterocycles. The van der Waals surface area contributed by atoms with Gasteiger partial charge in [-0.2, -0.15) is 0 Å². The summed E-state index contributed by atoms with van der Waals surface area (Å²) in [6.45, 7) is 5.11. The number of likely N-dealkylation sites (tertiary alicyclic amines) is 1. The van der Waals surface area contributed by atoms with Crippen molar-refractivity contribution >= 4 is 33.2 Å². The van der Waals surface area contributed by atoms with Crippen molar-refractivity contribution < 1.29 is 13.2 Å². The highest BCUT2D eigenvalue weighted by atomic mass is 35.5. The third-order valence-corrected chi connectivity index (χ3v) is 5.61. The molecule has 1 aromatic rings. The molecule has 1 aliphatic heterocycles. The van der Waals surface area contributed by atoms with Crippen LogP contribution in [0.3, 0.4) is 0 Å². The minimum Gasteiger partial charge on any atom is -0.341 e. The molecular weight excluding hydrogens is 336 g/mol. The Morgan fingerprint density at radius 2 is 1.96 bits per heavy atom. The van der Waals surface area contributed by atoms with E-state index in [1.807, 2.05) is 0 Å². The van der Waals surface area contributed by atoms with Gasteiger partial charge < -0.3 is 4.90 Å². The Morgan fingerprint density at radius 3 is 2.48 bits per heavy atom. The van der Waals surface area contributed by atoms with Crippen molar-refractivity contribution in [1.29, 1.82) is 0 Å². The van der Waals surface area contributed by atoms with Gasteiger partial charge in [0, 0.05) is 18.1 Å². The topological polar surface area (TPSA) is 57.7 Å². The van der Waals surface area contributed by atoms with E-state index in [4.69, 9.17) is 11.6 Å². The summed E-state index contributed by atoms with van der Waals surface area (Å²) in [6.07, 6.45) is 3.18. The first-order valence-electron chi connectivity index (χ1n) is 7.74. The molecule has 1 heterocycles. The normalized spacial score (nSPS) is 20.2. The van der Waals surface area contributed by atoms with Crippen molar-refractivity contribution in [2.24, 2.45) is 5.92 Å². The van der Waals surface area contributed by atoms with Gasteiger partial charge >= 0.3 is 0 Å². The number of hydrogen-bond donors (Lipinski definition) is 0. The van der Waals surface area contributed by atoms with Gasteiger partial charge in [0.15, 0.2) is 0 Å². The van der Waals surface area contributed by atoms with E-state index in [9.17, 15) is 13.2 Å². The summed E-state index contributed by atoms with van der Waals surface area (Å²) in [7, 11) is -3.58. The first kappa shape index (κ1) is 18.1. The van der Waals surface area contributed by atoms with E-state index >= 15 is 0 Å². The van der Waals surface area contributed by atoms with Gasteiger partial charge in [0.25, 0.3) is 0 Å². The van der Waals surface area contributed by atoms with Crippen LogP contribution >= 0.6 is 11.6 Å². The number of carbonyl (C=O) groups excluding carboxylic acids is 1. The van der Waals surface area contributed by atoms with Crippen LogP contribution in [-0.4, -0.2) is 44.6 Å². The Labute approximate surface area is 143 Å². The number of sulfonamides is 1. The molecule has 0 unspecified atom stereocenters. The summed E-state index contributed by atoms with van der Waals surface area (Å²) in [4.78, 5) is 14.5. The second kappa shape index (κ2) is 7.09. The SMILES string of the molecule is C[C@@H]1CCCN(C(=O)[C@@H](C)N(c2ccc(Cl)cc2)S(C)(=O)=O)C1. The maximum absolute atomic E-state index is 12.8. The molecule has 2 rings (SSSR count). The molecule has 0 aliphatic carbocycles. The van der Waals surface area contributed by atoms with Crippen LogP contribution in [0.2, 0.25) is 5.02 Å². The Kier molecular flexibility index (Phi) is 5.57. The smallest absolute Gasteiger partial charge is 0.246 e. The molecule has 7 heteroatoms. The van der Waals surface area contributed by atoms with Crippen molar-refractivity contribution in [2.45, 2.75) is 32.7 Å². The number of hydrogen-bond acceptors (Lipinski definition) is 3. The van der Waals surface area contributed by atoms with E-state index in [0.717, 1.165) is 19.1 Å². The van der Waals surface area contributed by atoms with Crippen LogP contribution in [0.5, 0.6) is 0 Å². The van der Waals surface area contributed by atoms with Gasteiger partial charge in [0.2, 0.25) is 15.9 Å². The molecule has 0 spiro atoms. The first-order valence-corrected chi connectivity index (χ1v) is 9.96. The third kappa shape index (κ3) is 4.38. The maximum atomic E-state index is 12.8. The number of anilines is 1. The van der Waals surface area contributed by atoms with Crippen LogP contribution in [0.25, 0.3) is 0 Å². The molecule has 2 atom stereocenters. The van der Waals surface area contributed by atoms with E-state index in [1.165, 1.54) is 4.31 Å². The van der Waals surface area contributed by atoms with E-state index in [2.05, 4.69) is 6.92 Å². The zero-order chi connectivity index (χ0) is 17.2. The lowest BCUT2D eigenvalue weighted by molar-refractivity contribution is -0.133. The highest BCUT2D eigenvalue weighted by molar-refractivity contribution is 7.92. The molecule has 1 aliphatic rings. The summed E-state index contributed by atoms with van der Waals surface area (Å²) < 4.78 is 25.6. The number of piperidine rings is 1. The van der Waals surface area contributed by atoms with E-state index in [-0.39, 0.29) is 5.91 Å². The monoisotopic (exact) mass is 358 g/mol. The van der Waals surface area contributed by atoms with Crippen molar-refractivity contribution in [3.05, 3.63) is 29.3 Å². The minimum absolute atomic E-state index is 0.156. The molecule has 1 amide bonds. The van der Waals surface area contributed by atoms with Crippen LogP contribution < -0.4 is 4.31 Å². The number of rotatable bonds is 4. The highest BCUT2D eigenvalue weighted by Crippen LogP contribution is 2.25. The van der Waals surface area contributed by atoms with Gasteiger partial charge in [-0.25, -0.2) is 8.42 Å². The highest BCUT2D eigenvalue weighted by Gasteiger charge is 2.33. The summed E-state index contributed by atoms with van der Waals surface area (Å²) >= 11 is 5.87. The zero-order valence-corrected chi connectivity index (χ0v) is 15.3. The number of benzene rings is 1. The average molecular weight is 359 g/mol. The molecule has 0 bridgehead atoms. The van der Waals surface area contributed by atoms with E-state index < -0.39 is 16.1 Å². The summed E-state index contributed by atoms with van der Waals surface area (Å²) in [5.74, 6) is 0.291. The summed E-state index contributed by atoms with van der Waals surface area (Å²) in [6, 6.07) is 5.69. The second-order valence-corrected chi connectivity index (χ2v) is 8.54. The lowest BCUT2D eigenvalue weighted by atomic mass is 10.00. The minimum atomic E-state index is -3.58. The van der Waals surface area contributed by atoms with Gasteiger partial charge in [0.05, 0.1) is 11.9 Å². The van der Waals surface area contributed by atoms with Gasteiger partial charge in [-0.3, -0.25) is 9.10 Å². The van der Waals surface area contributed by atoms with Crippen LogP contribution in [0.1, 0.15) is 26.7 Å². The van der Waals surface area contributed by atoms with Crippen LogP contribution in [0.15, 0.2) is 24.3 Å². The van der Waals surface area contributed by atoms with Gasteiger partial charge in [0.1, 0.15) is 6.04 Å². The Balaban J connectivity index is 2.28. The Bertz CT molecular complexity index is 660. The molecule has 1 fully saturated rings. The van der Waals surface area contributed by atoms with Gasteiger partial charge in [-0.05, 0) is 49.9 Å². The van der Waals surface area contributed by atoms with Crippen LogP contribution in [-0.2, 0) is 14.8 Å². The molecule has 0 saturated carbocycles. The molecule has 0 aromatic heterocycles. The lowest BCUT2D eigenvalue weighted by Crippen LogP contribution is -2.51. The van der Waals surface area contributed by atoms with Crippen molar-refractivity contribution in [3.8, 4) is 0 Å². The first-order chi connectivity index (χ1) is 10.7. The molecule has 23 heavy (non-hydrogen) atoms. The van der Waals surface area contributed by atoms with Crippen LogP contribution in [0.4, 0.5) is 5.69 Å².